The van der Waals surface area contributed by atoms with Crippen molar-refractivity contribution in [2.75, 3.05) is 6.26 Å². The number of amides is 2. The van der Waals surface area contributed by atoms with Crippen LogP contribution in [0.5, 0.6) is 11.5 Å². The van der Waals surface area contributed by atoms with Crippen molar-refractivity contribution in [3.05, 3.63) is 203 Å². The molecule has 6 rings (SSSR count). The molecule has 6 aromatic carbocycles. The molecule has 0 bridgehead atoms. The molecule has 0 aromatic heterocycles. The van der Waals surface area contributed by atoms with Gasteiger partial charge in [0.25, 0.3) is 5.91 Å². The number of hydrazine groups is 1. The second-order valence-corrected chi connectivity index (χ2v) is 18.3. The van der Waals surface area contributed by atoms with Gasteiger partial charge in [-0.1, -0.05) is 158 Å². The first-order valence-corrected chi connectivity index (χ1v) is 23.7. The van der Waals surface area contributed by atoms with Crippen LogP contribution < -0.4 is 19.4 Å². The zero-order valence-corrected chi connectivity index (χ0v) is 37.4. The molecule has 0 aliphatic carbocycles. The van der Waals surface area contributed by atoms with Crippen molar-refractivity contribution in [2.45, 2.75) is 58.3 Å². The van der Waals surface area contributed by atoms with Gasteiger partial charge in [0.05, 0.1) is 26.1 Å². The second-order valence-electron chi connectivity index (χ2n) is 14.9. The van der Waals surface area contributed by atoms with Crippen LogP contribution in [0.2, 0.25) is 0 Å². The Labute approximate surface area is 378 Å². The molecule has 0 saturated carbocycles. The lowest BCUT2D eigenvalue weighted by Gasteiger charge is -2.41. The van der Waals surface area contributed by atoms with Crippen LogP contribution in [-0.2, 0) is 77.4 Å². The second kappa shape index (κ2) is 23.0. The molecule has 0 heterocycles. The molecule has 3 N–H and O–H groups in total. The van der Waals surface area contributed by atoms with Crippen LogP contribution in [0.3, 0.4) is 0 Å². The van der Waals surface area contributed by atoms with E-state index in [2.05, 4.69) is 5.43 Å². The van der Waals surface area contributed by atoms with Crippen LogP contribution in [0.25, 0.3) is 0 Å². The normalized spacial score (nSPS) is 13.0. The van der Waals surface area contributed by atoms with Crippen molar-refractivity contribution in [1.29, 1.82) is 0 Å². The Morgan fingerprint density at radius 3 is 1.55 bits per heavy atom. The van der Waals surface area contributed by atoms with Gasteiger partial charge in [0.15, 0.2) is 11.5 Å². The molecule has 0 aliphatic heterocycles. The smallest absolute Gasteiger partial charge is 0.485 e. The standard InChI is InChI=1S/C48H50N3O12PS/c1-48(45(52)50-65(2,56)57,51(47(54)60-34-39-22-12-5-13-23-39)49-46(53)59-33-38-20-10-4-11-21-38)31-42-28-29-43(44(30-42)58-32-37-18-8-3-9-19-37)63-64(55,61-35-40-24-14-6-15-25-40)62-36-41-26-16-7-17-27-41/h3-30,47,54H,31-36H2,1-2H3,(H,49,53)(H,50,52)/t47?,48-/m0/s1. The Morgan fingerprint density at radius 1 is 0.631 bits per heavy atom. The third-order valence-corrected chi connectivity index (χ3v) is 11.5. The van der Waals surface area contributed by atoms with Crippen molar-refractivity contribution in [3.8, 4) is 11.5 Å². The molecule has 2 atom stereocenters. The van der Waals surface area contributed by atoms with Gasteiger partial charge in [0, 0.05) is 6.42 Å². The van der Waals surface area contributed by atoms with Gasteiger partial charge >= 0.3 is 13.9 Å². The molecule has 0 fully saturated rings. The lowest BCUT2D eigenvalue weighted by molar-refractivity contribution is -0.241. The van der Waals surface area contributed by atoms with Gasteiger partial charge in [-0.15, -0.1) is 0 Å². The van der Waals surface area contributed by atoms with E-state index in [0.717, 1.165) is 16.8 Å². The topological polar surface area (TPSA) is 188 Å². The Balaban J connectivity index is 1.36. The Kier molecular flexibility index (Phi) is 17.0. The summed E-state index contributed by atoms with van der Waals surface area (Å²) in [7, 11) is -8.64. The van der Waals surface area contributed by atoms with Gasteiger partial charge in [0.1, 0.15) is 18.8 Å². The molecular formula is C48H50N3O12PS. The fourth-order valence-corrected chi connectivity index (χ4v) is 8.04. The molecule has 6 aromatic rings. The summed E-state index contributed by atoms with van der Waals surface area (Å²) < 4.78 is 77.2. The molecular weight excluding hydrogens is 874 g/mol. The minimum Gasteiger partial charge on any atom is -0.485 e. The minimum absolute atomic E-state index is 0.0134. The maximum atomic E-state index is 14.5. The summed E-state index contributed by atoms with van der Waals surface area (Å²) in [5.74, 6) is -1.17. The van der Waals surface area contributed by atoms with Gasteiger partial charge < -0.3 is 23.8 Å². The van der Waals surface area contributed by atoms with E-state index in [1.54, 1.807) is 84.9 Å². The van der Waals surface area contributed by atoms with E-state index in [-0.39, 0.29) is 44.5 Å². The number of sulfonamides is 1. The van der Waals surface area contributed by atoms with Crippen molar-refractivity contribution < 1.29 is 55.5 Å². The van der Waals surface area contributed by atoms with Crippen molar-refractivity contribution in [2.24, 2.45) is 0 Å². The summed E-state index contributed by atoms with van der Waals surface area (Å²) >= 11 is 0. The van der Waals surface area contributed by atoms with Crippen LogP contribution in [0.4, 0.5) is 4.79 Å². The maximum Gasteiger partial charge on any atom is 0.530 e. The van der Waals surface area contributed by atoms with Crippen molar-refractivity contribution in [1.82, 2.24) is 15.2 Å². The van der Waals surface area contributed by atoms with Gasteiger partial charge in [0.2, 0.25) is 16.4 Å². The highest BCUT2D eigenvalue weighted by Gasteiger charge is 2.46. The predicted molar refractivity (Wildman–Crippen MR) is 242 cm³/mol. The number of hydrogen-bond acceptors (Lipinski definition) is 13. The van der Waals surface area contributed by atoms with Crippen molar-refractivity contribution >= 4 is 29.8 Å². The molecule has 0 saturated heterocycles. The highest BCUT2D eigenvalue weighted by Crippen LogP contribution is 2.53. The minimum atomic E-state index is -4.43. The zero-order valence-electron chi connectivity index (χ0n) is 35.7. The van der Waals surface area contributed by atoms with Crippen LogP contribution in [0.1, 0.15) is 40.3 Å². The first kappa shape index (κ1) is 48.1. The molecule has 17 heteroatoms. The summed E-state index contributed by atoms with van der Waals surface area (Å²) in [5, 5.41) is 12.4. The molecule has 65 heavy (non-hydrogen) atoms. The SMILES string of the molecule is C[C@](Cc1ccc(OP(=O)(OCc2ccccc2)OCc2ccccc2)c(OCc2ccccc2)c1)(C(=O)NS(C)(=O)=O)N(NC(=O)OCc1ccccc1)C(O)OCc1ccccc1. The Morgan fingerprint density at radius 2 is 1.08 bits per heavy atom. The monoisotopic (exact) mass is 923 g/mol. The first-order chi connectivity index (χ1) is 31.3. The average molecular weight is 924 g/mol. The third kappa shape index (κ3) is 15.1. The number of aliphatic hydroxyl groups excluding tert-OH is 1. The number of aliphatic hydroxyl groups is 1. The summed E-state index contributed by atoms with van der Waals surface area (Å²) in [4.78, 5) is 27.8. The first-order valence-electron chi connectivity index (χ1n) is 20.4. The van der Waals surface area contributed by atoms with E-state index in [4.69, 9.17) is 27.8 Å². The number of rotatable bonds is 23. The van der Waals surface area contributed by atoms with Gasteiger partial charge in [-0.3, -0.25) is 18.6 Å². The lowest BCUT2D eigenvalue weighted by atomic mass is 9.91. The highest BCUT2D eigenvalue weighted by atomic mass is 32.2. The van der Waals surface area contributed by atoms with Crippen LogP contribution in [0, 0.1) is 0 Å². The molecule has 0 aliphatic rings. The van der Waals surface area contributed by atoms with E-state index in [1.165, 1.54) is 25.1 Å². The largest absolute Gasteiger partial charge is 0.530 e. The van der Waals surface area contributed by atoms with Gasteiger partial charge in [-0.05, 0) is 52.4 Å². The van der Waals surface area contributed by atoms with Crippen LogP contribution in [-0.4, -0.2) is 48.7 Å². The molecule has 15 nitrogen and oxygen atoms in total. The number of hydrogen-bond donors (Lipinski definition) is 3. The van der Waals surface area contributed by atoms with Gasteiger partial charge in [-0.2, -0.15) is 5.01 Å². The number of benzene rings is 6. The fraction of sp³-hybridized carbons (Fsp3) is 0.208. The third-order valence-electron chi connectivity index (χ3n) is 9.65. The quantitative estimate of drug-likeness (QED) is 0.0317. The number of phosphoric acid groups is 1. The fourth-order valence-electron chi connectivity index (χ4n) is 6.30. The summed E-state index contributed by atoms with van der Waals surface area (Å²) in [5.41, 5.74) is 4.06. The summed E-state index contributed by atoms with van der Waals surface area (Å²) in [6, 6.07) is 49.4. The zero-order chi connectivity index (χ0) is 46.1. The van der Waals surface area contributed by atoms with Crippen LogP contribution >= 0.6 is 7.82 Å². The summed E-state index contributed by atoms with van der Waals surface area (Å²) in [6.07, 6.45) is -2.76. The van der Waals surface area contributed by atoms with Crippen molar-refractivity contribution in [3.63, 3.8) is 0 Å². The Bertz CT molecular complexity index is 2550. The van der Waals surface area contributed by atoms with E-state index in [1.807, 2.05) is 71.5 Å². The predicted octanol–water partition coefficient (Wildman–Crippen LogP) is 8.20. The van der Waals surface area contributed by atoms with E-state index < -0.39 is 48.2 Å². The average Bonchev–Trinajstić information content (AvgIpc) is 3.31. The number of ether oxygens (including phenoxy) is 3. The number of nitrogens with zero attached hydrogens (tertiary/aromatic N) is 1. The van der Waals surface area contributed by atoms with Gasteiger partial charge in [-0.25, -0.2) is 23.2 Å². The molecule has 1 unspecified atom stereocenters. The van der Waals surface area contributed by atoms with E-state index in [9.17, 15) is 27.7 Å². The maximum absolute atomic E-state index is 14.5. The number of nitrogens with one attached hydrogen (secondary N) is 2. The lowest BCUT2D eigenvalue weighted by Crippen LogP contribution is -2.67. The summed E-state index contributed by atoms with van der Waals surface area (Å²) in [6.45, 7) is 0.725. The molecule has 0 spiro atoms. The van der Waals surface area contributed by atoms with E-state index >= 15 is 0 Å². The molecule has 340 valence electrons. The molecule has 2 amide bonds. The van der Waals surface area contributed by atoms with Crippen LogP contribution in [0.15, 0.2) is 170 Å². The number of phosphoric ester groups is 1. The van der Waals surface area contributed by atoms with E-state index in [0.29, 0.717) is 27.8 Å². The Hall–Kier alpha value is -6.36. The number of carbonyl (C=O) groups excluding carboxylic acids is 2. The highest BCUT2D eigenvalue weighted by molar-refractivity contribution is 7.89. The molecule has 0 radical (unpaired) electrons. The number of carbonyl (C=O) groups is 2.